The number of aliphatic hydroxyl groups excluding tert-OH is 1. The third kappa shape index (κ3) is 3.52. The summed E-state index contributed by atoms with van der Waals surface area (Å²) in [4.78, 5) is 43.5. The van der Waals surface area contributed by atoms with Gasteiger partial charge in [0.25, 0.3) is 5.91 Å². The lowest BCUT2D eigenvalue weighted by molar-refractivity contribution is -0.144. The first kappa shape index (κ1) is 19.9. The van der Waals surface area contributed by atoms with Gasteiger partial charge in [-0.2, -0.15) is 0 Å². The van der Waals surface area contributed by atoms with Crippen LogP contribution in [0.3, 0.4) is 0 Å². The SMILES string of the molecule is CN1C(=O)N(Cc2ccccc2)C2(CCN(C(=O)C3CCC(O)CC3)CC2)C1=O. The van der Waals surface area contributed by atoms with Crippen LogP contribution in [0, 0.1) is 5.92 Å². The Balaban J connectivity index is 1.47. The Kier molecular flexibility index (Phi) is 5.34. The number of piperidine rings is 1. The molecule has 4 rings (SSSR count). The van der Waals surface area contributed by atoms with E-state index in [1.165, 1.54) is 4.90 Å². The Morgan fingerprint density at radius 2 is 1.69 bits per heavy atom. The monoisotopic (exact) mass is 399 g/mol. The second-order valence-corrected chi connectivity index (χ2v) is 8.58. The fourth-order valence-corrected chi connectivity index (χ4v) is 5.03. The van der Waals surface area contributed by atoms with Crippen molar-refractivity contribution in [1.29, 1.82) is 0 Å². The van der Waals surface area contributed by atoms with Gasteiger partial charge in [-0.3, -0.25) is 14.5 Å². The number of carbonyl (C=O) groups excluding carboxylic acids is 3. The molecule has 0 bridgehead atoms. The summed E-state index contributed by atoms with van der Waals surface area (Å²) in [7, 11) is 1.54. The Hall–Kier alpha value is -2.41. The fourth-order valence-electron chi connectivity index (χ4n) is 5.03. The molecule has 7 heteroatoms. The Morgan fingerprint density at radius 1 is 1.07 bits per heavy atom. The zero-order valence-corrected chi connectivity index (χ0v) is 16.9. The average molecular weight is 399 g/mol. The maximum absolute atomic E-state index is 13.0. The third-order valence-electron chi connectivity index (χ3n) is 6.87. The van der Waals surface area contributed by atoms with E-state index < -0.39 is 5.54 Å². The maximum Gasteiger partial charge on any atom is 0.327 e. The molecule has 1 aromatic rings. The van der Waals surface area contributed by atoms with Crippen molar-refractivity contribution < 1.29 is 19.5 Å². The minimum Gasteiger partial charge on any atom is -0.393 e. The highest BCUT2D eigenvalue weighted by atomic mass is 16.3. The number of rotatable bonds is 3. The summed E-state index contributed by atoms with van der Waals surface area (Å²) in [6.07, 6.45) is 3.45. The lowest BCUT2D eigenvalue weighted by Gasteiger charge is -2.43. The first-order valence-electron chi connectivity index (χ1n) is 10.5. The molecule has 29 heavy (non-hydrogen) atoms. The largest absolute Gasteiger partial charge is 0.393 e. The number of hydrogen-bond acceptors (Lipinski definition) is 4. The van der Waals surface area contributed by atoms with E-state index in [2.05, 4.69) is 0 Å². The van der Waals surface area contributed by atoms with Crippen LogP contribution >= 0.6 is 0 Å². The Bertz CT molecular complexity index is 781. The molecule has 0 radical (unpaired) electrons. The molecule has 0 unspecified atom stereocenters. The molecule has 7 nitrogen and oxygen atoms in total. The Labute approximate surface area is 171 Å². The number of likely N-dealkylation sites (N-methyl/N-ethyl adjacent to an activating group) is 1. The molecule has 3 aliphatic rings. The van der Waals surface area contributed by atoms with E-state index in [0.29, 0.717) is 45.3 Å². The third-order valence-corrected chi connectivity index (χ3v) is 6.87. The number of imide groups is 1. The van der Waals surface area contributed by atoms with Gasteiger partial charge < -0.3 is 14.9 Å². The first-order valence-corrected chi connectivity index (χ1v) is 10.5. The summed E-state index contributed by atoms with van der Waals surface area (Å²) in [5, 5.41) is 9.68. The van der Waals surface area contributed by atoms with Crippen LogP contribution in [0.4, 0.5) is 4.79 Å². The van der Waals surface area contributed by atoms with Gasteiger partial charge in [-0.25, -0.2) is 4.79 Å². The van der Waals surface area contributed by atoms with E-state index in [4.69, 9.17) is 0 Å². The van der Waals surface area contributed by atoms with E-state index >= 15 is 0 Å². The highest BCUT2D eigenvalue weighted by molar-refractivity contribution is 6.06. The van der Waals surface area contributed by atoms with Crippen molar-refractivity contribution in [2.45, 2.75) is 56.7 Å². The molecule has 1 spiro atoms. The van der Waals surface area contributed by atoms with Gasteiger partial charge in [0.05, 0.1) is 6.10 Å². The molecule has 156 valence electrons. The molecule has 1 aromatic carbocycles. The summed E-state index contributed by atoms with van der Waals surface area (Å²) in [5.41, 5.74) is 0.129. The van der Waals surface area contributed by atoms with Crippen LogP contribution in [0.15, 0.2) is 30.3 Å². The minimum atomic E-state index is -0.860. The van der Waals surface area contributed by atoms with Crippen molar-refractivity contribution in [2.75, 3.05) is 20.1 Å². The van der Waals surface area contributed by atoms with Gasteiger partial charge in [-0.1, -0.05) is 30.3 Å². The highest BCUT2D eigenvalue weighted by Crippen LogP contribution is 2.38. The van der Waals surface area contributed by atoms with E-state index in [-0.39, 0.29) is 29.9 Å². The highest BCUT2D eigenvalue weighted by Gasteiger charge is 2.57. The van der Waals surface area contributed by atoms with Crippen molar-refractivity contribution in [3.05, 3.63) is 35.9 Å². The molecule has 1 N–H and O–H groups in total. The number of aliphatic hydroxyl groups is 1. The van der Waals surface area contributed by atoms with E-state index in [9.17, 15) is 19.5 Å². The summed E-state index contributed by atoms with van der Waals surface area (Å²) >= 11 is 0. The summed E-state index contributed by atoms with van der Waals surface area (Å²) < 4.78 is 0. The van der Waals surface area contributed by atoms with Gasteiger partial charge in [0.15, 0.2) is 0 Å². The molecule has 3 fully saturated rings. The number of hydrogen-bond donors (Lipinski definition) is 1. The minimum absolute atomic E-state index is 0.0311. The van der Waals surface area contributed by atoms with Gasteiger partial charge in [-0.15, -0.1) is 0 Å². The molecule has 2 heterocycles. The van der Waals surface area contributed by atoms with Crippen LogP contribution in [-0.2, 0) is 16.1 Å². The number of benzene rings is 1. The molecular formula is C22H29N3O4. The normalized spacial score (nSPS) is 27.0. The van der Waals surface area contributed by atoms with Gasteiger partial charge in [0.2, 0.25) is 5.91 Å². The quantitative estimate of drug-likeness (QED) is 0.789. The van der Waals surface area contributed by atoms with Crippen LogP contribution < -0.4 is 0 Å². The van der Waals surface area contributed by atoms with Gasteiger partial charge >= 0.3 is 6.03 Å². The van der Waals surface area contributed by atoms with Crippen molar-refractivity contribution >= 4 is 17.8 Å². The molecule has 0 aromatic heterocycles. The lowest BCUT2D eigenvalue weighted by atomic mass is 9.83. The zero-order chi connectivity index (χ0) is 20.6. The van der Waals surface area contributed by atoms with Crippen LogP contribution in [0.25, 0.3) is 0 Å². The van der Waals surface area contributed by atoms with Gasteiger partial charge in [0.1, 0.15) is 5.54 Å². The Morgan fingerprint density at radius 3 is 2.31 bits per heavy atom. The van der Waals surface area contributed by atoms with Crippen LogP contribution in [0.5, 0.6) is 0 Å². The number of nitrogens with zero attached hydrogens (tertiary/aromatic N) is 3. The molecule has 0 atom stereocenters. The predicted molar refractivity (Wildman–Crippen MR) is 107 cm³/mol. The fraction of sp³-hybridized carbons (Fsp3) is 0.591. The molecule has 1 aliphatic carbocycles. The van der Waals surface area contributed by atoms with Gasteiger partial charge in [-0.05, 0) is 44.1 Å². The summed E-state index contributed by atoms with van der Waals surface area (Å²) in [6, 6.07) is 9.43. The zero-order valence-electron chi connectivity index (χ0n) is 16.9. The smallest absolute Gasteiger partial charge is 0.327 e. The second kappa shape index (κ2) is 7.78. The first-order chi connectivity index (χ1) is 13.9. The number of urea groups is 1. The standard InChI is InChI=1S/C22H29N3O4/c1-23-20(28)22(25(21(23)29)15-16-5-3-2-4-6-16)11-13-24(14-12-22)19(27)17-7-9-18(26)10-8-17/h2-6,17-18,26H,7-15H2,1H3. The predicted octanol–water partition coefficient (Wildman–Crippen LogP) is 1.99. The van der Waals surface area contributed by atoms with E-state index in [1.54, 1.807) is 11.9 Å². The molecule has 1 saturated carbocycles. The summed E-state index contributed by atoms with van der Waals surface area (Å²) in [5.74, 6) is -0.0609. The molecule has 2 aliphatic heterocycles. The topological polar surface area (TPSA) is 81.2 Å². The van der Waals surface area contributed by atoms with E-state index in [0.717, 1.165) is 18.4 Å². The summed E-state index contributed by atoms with van der Waals surface area (Å²) in [6.45, 7) is 1.36. The van der Waals surface area contributed by atoms with Crippen LogP contribution in [0.2, 0.25) is 0 Å². The number of carbonyl (C=O) groups is 3. The van der Waals surface area contributed by atoms with Crippen molar-refractivity contribution in [3.8, 4) is 0 Å². The van der Waals surface area contributed by atoms with Crippen LogP contribution in [0.1, 0.15) is 44.1 Å². The van der Waals surface area contributed by atoms with Crippen molar-refractivity contribution in [2.24, 2.45) is 5.92 Å². The maximum atomic E-state index is 13.0. The molecule has 2 saturated heterocycles. The molecular weight excluding hydrogens is 370 g/mol. The second-order valence-electron chi connectivity index (χ2n) is 8.58. The lowest BCUT2D eigenvalue weighted by Crippen LogP contribution is -2.57. The van der Waals surface area contributed by atoms with Gasteiger partial charge in [0, 0.05) is 32.6 Å². The van der Waals surface area contributed by atoms with Crippen LogP contribution in [-0.4, -0.2) is 69.4 Å². The van der Waals surface area contributed by atoms with E-state index in [1.807, 2.05) is 35.2 Å². The number of amides is 4. The van der Waals surface area contributed by atoms with Crippen molar-refractivity contribution in [1.82, 2.24) is 14.7 Å². The van der Waals surface area contributed by atoms with Crippen molar-refractivity contribution in [3.63, 3.8) is 0 Å². The molecule has 4 amide bonds. The number of likely N-dealkylation sites (tertiary alicyclic amines) is 1. The average Bonchev–Trinajstić information content (AvgIpc) is 2.91.